The number of ketones is 3. The quantitative estimate of drug-likeness (QED) is 0.345. The van der Waals surface area contributed by atoms with E-state index in [2.05, 4.69) is 0 Å². The van der Waals surface area contributed by atoms with Crippen molar-refractivity contribution in [3.8, 4) is 0 Å². The Bertz CT molecular complexity index is 574. The number of Topliss-reactive ketones (excluding diaryl/α,β-unsaturated/α-hetero) is 3. The zero-order chi connectivity index (χ0) is 24.2. The van der Waals surface area contributed by atoms with Crippen LogP contribution >= 0.6 is 0 Å². The van der Waals surface area contributed by atoms with Crippen molar-refractivity contribution in [2.45, 2.75) is 97.9 Å². The Balaban J connectivity index is 5.75. The van der Waals surface area contributed by atoms with Crippen LogP contribution in [-0.4, -0.2) is 67.7 Å². The van der Waals surface area contributed by atoms with Gasteiger partial charge in [-0.05, 0) is 59.3 Å². The normalized spacial score (nSPS) is 18.5. The molecule has 0 aliphatic heterocycles. The highest BCUT2D eigenvalue weighted by Gasteiger charge is 2.42. The molecule has 0 bridgehead atoms. The van der Waals surface area contributed by atoms with Crippen LogP contribution < -0.4 is 0 Å². The first-order chi connectivity index (χ1) is 14.3. The minimum absolute atomic E-state index is 0.0131. The topological polar surface area (TPSA) is 99.1 Å². The van der Waals surface area contributed by atoms with Gasteiger partial charge < -0.3 is 19.3 Å². The minimum Gasteiger partial charge on any atom is -0.393 e. The maximum Gasteiger partial charge on any atom is 0.161 e. The summed E-state index contributed by atoms with van der Waals surface area (Å²) in [4.78, 5) is 37.5. The molecular formula is C24H44O7. The molecule has 5 atom stereocenters. The smallest absolute Gasteiger partial charge is 0.161 e. The zero-order valence-corrected chi connectivity index (χ0v) is 20.8. The second-order valence-corrected chi connectivity index (χ2v) is 9.25. The lowest BCUT2D eigenvalue weighted by molar-refractivity contribution is -0.135. The van der Waals surface area contributed by atoms with Crippen molar-refractivity contribution in [2.24, 2.45) is 11.3 Å². The molecule has 0 aromatic carbocycles. The van der Waals surface area contributed by atoms with Gasteiger partial charge in [0.2, 0.25) is 0 Å². The molecule has 31 heavy (non-hydrogen) atoms. The van der Waals surface area contributed by atoms with Crippen molar-refractivity contribution < 1.29 is 33.7 Å². The Morgan fingerprint density at radius 3 is 2.03 bits per heavy atom. The van der Waals surface area contributed by atoms with E-state index in [1.165, 1.54) is 7.11 Å². The molecule has 182 valence electrons. The third-order valence-corrected chi connectivity index (χ3v) is 6.38. The molecule has 0 aliphatic carbocycles. The molecule has 0 radical (unpaired) electrons. The first-order valence-corrected chi connectivity index (χ1v) is 11.2. The molecule has 7 nitrogen and oxygen atoms in total. The highest BCUT2D eigenvalue weighted by Crippen LogP contribution is 2.44. The van der Waals surface area contributed by atoms with Crippen molar-refractivity contribution in [2.75, 3.05) is 27.4 Å². The Labute approximate surface area is 188 Å². The van der Waals surface area contributed by atoms with Crippen molar-refractivity contribution in [3.63, 3.8) is 0 Å². The van der Waals surface area contributed by atoms with E-state index in [0.29, 0.717) is 32.3 Å². The number of aliphatic hydroxyl groups is 1. The van der Waals surface area contributed by atoms with Gasteiger partial charge in [0.15, 0.2) is 11.6 Å². The third-order valence-electron chi connectivity index (χ3n) is 6.38. The molecule has 0 saturated carbocycles. The predicted molar refractivity (Wildman–Crippen MR) is 120 cm³/mol. The van der Waals surface area contributed by atoms with Gasteiger partial charge >= 0.3 is 0 Å². The number of carbonyl (C=O) groups excluding carboxylic acids is 3. The SMILES string of the molecule is CCOCC(=O)CCC(C)(CCC(=O)C(C)OC)C(CC(C)(CC(C)O)OC)C(C)=O. The molecule has 0 saturated heterocycles. The van der Waals surface area contributed by atoms with Crippen molar-refractivity contribution in [1.82, 2.24) is 0 Å². The van der Waals surface area contributed by atoms with E-state index in [1.54, 1.807) is 27.9 Å². The summed E-state index contributed by atoms with van der Waals surface area (Å²) in [5, 5.41) is 9.91. The van der Waals surface area contributed by atoms with Crippen molar-refractivity contribution in [1.29, 1.82) is 0 Å². The molecule has 0 aromatic heterocycles. The maximum atomic E-state index is 12.8. The first kappa shape index (κ1) is 29.9. The molecule has 0 aliphatic rings. The van der Waals surface area contributed by atoms with E-state index in [9.17, 15) is 19.5 Å². The van der Waals surface area contributed by atoms with Gasteiger partial charge in [0.05, 0.1) is 11.7 Å². The highest BCUT2D eigenvalue weighted by molar-refractivity contribution is 5.83. The summed E-state index contributed by atoms with van der Waals surface area (Å²) in [6, 6.07) is 0. The minimum atomic E-state index is -0.703. The second-order valence-electron chi connectivity index (χ2n) is 9.25. The molecule has 7 heteroatoms. The summed E-state index contributed by atoms with van der Waals surface area (Å²) in [7, 11) is 3.07. The Morgan fingerprint density at radius 2 is 1.58 bits per heavy atom. The lowest BCUT2D eigenvalue weighted by Gasteiger charge is -2.42. The highest BCUT2D eigenvalue weighted by atomic mass is 16.5. The molecule has 0 amide bonds. The molecule has 1 N–H and O–H groups in total. The molecular weight excluding hydrogens is 400 g/mol. The van der Waals surface area contributed by atoms with E-state index < -0.39 is 29.1 Å². The van der Waals surface area contributed by atoms with E-state index in [1.807, 2.05) is 20.8 Å². The summed E-state index contributed by atoms with van der Waals surface area (Å²) in [6.45, 7) is 11.1. The fourth-order valence-corrected chi connectivity index (χ4v) is 4.12. The Kier molecular flexibility index (Phi) is 13.6. The average Bonchev–Trinajstić information content (AvgIpc) is 2.71. The van der Waals surface area contributed by atoms with Gasteiger partial charge in [-0.1, -0.05) is 6.92 Å². The summed E-state index contributed by atoms with van der Waals surface area (Å²) in [6.07, 6.45) is 1.13. The van der Waals surface area contributed by atoms with E-state index in [0.717, 1.165) is 0 Å². The Hall–Kier alpha value is -1.15. The third kappa shape index (κ3) is 10.8. The number of hydrogen-bond donors (Lipinski definition) is 1. The standard InChI is InChI=1S/C24H44O7/c1-9-31-16-20(27)10-12-23(5,13-11-22(28)19(4)29-7)21(18(3)26)15-24(6,30-8)14-17(2)25/h17,19,21,25H,9-16H2,1-8H3. The van der Waals surface area contributed by atoms with Gasteiger partial charge in [-0.3, -0.25) is 14.4 Å². The van der Waals surface area contributed by atoms with Gasteiger partial charge in [-0.2, -0.15) is 0 Å². The van der Waals surface area contributed by atoms with Crippen LogP contribution in [0.5, 0.6) is 0 Å². The summed E-state index contributed by atoms with van der Waals surface area (Å²) < 4.78 is 16.1. The zero-order valence-electron chi connectivity index (χ0n) is 20.8. The number of carbonyl (C=O) groups is 3. The average molecular weight is 445 g/mol. The fourth-order valence-electron chi connectivity index (χ4n) is 4.12. The van der Waals surface area contributed by atoms with Crippen LogP contribution in [-0.2, 0) is 28.6 Å². The van der Waals surface area contributed by atoms with Crippen LogP contribution in [0.15, 0.2) is 0 Å². The summed E-state index contributed by atoms with van der Waals surface area (Å²) >= 11 is 0. The molecule has 0 fully saturated rings. The van der Waals surface area contributed by atoms with E-state index in [-0.39, 0.29) is 36.8 Å². The van der Waals surface area contributed by atoms with Crippen LogP contribution in [0.2, 0.25) is 0 Å². The molecule has 0 rings (SSSR count). The first-order valence-electron chi connectivity index (χ1n) is 11.2. The molecule has 0 aromatic rings. The fraction of sp³-hybridized carbons (Fsp3) is 0.875. The number of methoxy groups -OCH3 is 2. The Morgan fingerprint density at radius 1 is 1.00 bits per heavy atom. The van der Waals surface area contributed by atoms with Crippen LogP contribution in [0, 0.1) is 11.3 Å². The van der Waals surface area contributed by atoms with E-state index in [4.69, 9.17) is 14.2 Å². The van der Waals surface area contributed by atoms with Gasteiger partial charge in [0.1, 0.15) is 18.5 Å². The number of aliphatic hydroxyl groups excluding tert-OH is 1. The number of rotatable bonds is 18. The summed E-state index contributed by atoms with van der Waals surface area (Å²) in [5.74, 6) is -0.497. The lowest BCUT2D eigenvalue weighted by atomic mass is 9.64. The molecule has 0 spiro atoms. The molecule has 0 heterocycles. The van der Waals surface area contributed by atoms with Crippen molar-refractivity contribution >= 4 is 17.3 Å². The van der Waals surface area contributed by atoms with E-state index >= 15 is 0 Å². The monoisotopic (exact) mass is 444 g/mol. The number of hydrogen-bond acceptors (Lipinski definition) is 7. The predicted octanol–water partition coefficient (Wildman–Crippen LogP) is 3.53. The van der Waals surface area contributed by atoms with Crippen LogP contribution in [0.1, 0.15) is 80.1 Å². The second kappa shape index (κ2) is 14.1. The lowest BCUT2D eigenvalue weighted by Crippen LogP contribution is -2.42. The van der Waals surface area contributed by atoms with Gasteiger partial charge in [-0.15, -0.1) is 0 Å². The van der Waals surface area contributed by atoms with Crippen molar-refractivity contribution in [3.05, 3.63) is 0 Å². The largest absolute Gasteiger partial charge is 0.393 e. The van der Waals surface area contributed by atoms with Crippen LogP contribution in [0.25, 0.3) is 0 Å². The maximum absolute atomic E-state index is 12.8. The van der Waals surface area contributed by atoms with Crippen LogP contribution in [0.3, 0.4) is 0 Å². The number of ether oxygens (including phenoxy) is 3. The van der Waals surface area contributed by atoms with Gasteiger partial charge in [-0.25, -0.2) is 0 Å². The van der Waals surface area contributed by atoms with Gasteiger partial charge in [0, 0.05) is 46.0 Å². The van der Waals surface area contributed by atoms with Gasteiger partial charge in [0.25, 0.3) is 0 Å². The van der Waals surface area contributed by atoms with Crippen LogP contribution in [0.4, 0.5) is 0 Å². The summed E-state index contributed by atoms with van der Waals surface area (Å²) in [5.41, 5.74) is -1.29. The molecule has 5 unspecified atom stereocenters.